The number of hydrogen-bond acceptors (Lipinski definition) is 3. The van der Waals surface area contributed by atoms with E-state index in [4.69, 9.17) is 0 Å². The van der Waals surface area contributed by atoms with Crippen molar-refractivity contribution in [3.63, 3.8) is 0 Å². The van der Waals surface area contributed by atoms with Gasteiger partial charge in [-0.15, -0.1) is 0 Å². The van der Waals surface area contributed by atoms with E-state index >= 15 is 0 Å². The van der Waals surface area contributed by atoms with Crippen LogP contribution in [0.15, 0.2) is 176 Å². The minimum atomic E-state index is -0.775. The smallest absolute Gasteiger partial charge is 0.0743 e. The molecule has 0 fully saturated rings. The van der Waals surface area contributed by atoms with Crippen LogP contribution in [0.4, 0.5) is 51.2 Å². The molecule has 348 valence electrons. The predicted octanol–water partition coefficient (Wildman–Crippen LogP) is 18.5. The Labute approximate surface area is 417 Å². The van der Waals surface area contributed by atoms with Crippen LogP contribution < -0.4 is 14.7 Å². The molecule has 0 atom stereocenters. The number of fused-ring (bicyclic) bond motifs is 2. The summed E-state index contributed by atoms with van der Waals surface area (Å²) >= 11 is 0. The number of hydrogen-bond donors (Lipinski definition) is 0. The van der Waals surface area contributed by atoms with Crippen LogP contribution in [-0.2, 0) is 5.41 Å². The molecule has 0 aliphatic carbocycles. The summed E-state index contributed by atoms with van der Waals surface area (Å²) in [4.78, 5) is 7.59. The van der Waals surface area contributed by atoms with Gasteiger partial charge in [0.05, 0.1) is 39.5 Å². The van der Waals surface area contributed by atoms with E-state index in [9.17, 15) is 0 Å². The third-order valence-electron chi connectivity index (χ3n) is 15.7. The molecule has 1 heterocycles. The Bertz CT molecular complexity index is 3160. The fraction of sp³-hybridized carbons (Fsp3) is 0.194. The highest BCUT2D eigenvalue weighted by Gasteiger charge is 2.47. The molecule has 0 aromatic heterocycles. The lowest BCUT2D eigenvalue weighted by Crippen LogP contribution is -2.38. The van der Waals surface area contributed by atoms with Crippen LogP contribution in [0, 0.1) is 83.1 Å². The normalized spacial score (nSPS) is 12.7. The van der Waals surface area contributed by atoms with Crippen molar-refractivity contribution in [3.05, 3.63) is 265 Å². The van der Waals surface area contributed by atoms with Crippen molar-refractivity contribution < 1.29 is 0 Å². The second-order valence-electron chi connectivity index (χ2n) is 19.9. The quantitative estimate of drug-likeness (QED) is 0.143. The highest BCUT2D eigenvalue weighted by Crippen LogP contribution is 2.59. The van der Waals surface area contributed by atoms with E-state index in [1.807, 2.05) is 0 Å². The van der Waals surface area contributed by atoms with Crippen LogP contribution in [0.5, 0.6) is 0 Å². The molecule has 0 N–H and O–H groups in total. The molecule has 70 heavy (non-hydrogen) atoms. The molecular formula is C67H65N3. The van der Waals surface area contributed by atoms with Gasteiger partial charge in [0, 0.05) is 17.1 Å². The molecule has 1 aliphatic rings. The van der Waals surface area contributed by atoms with E-state index in [-0.39, 0.29) is 0 Å². The summed E-state index contributed by atoms with van der Waals surface area (Å²) in [7, 11) is 0. The molecule has 0 amide bonds. The lowest BCUT2D eigenvalue weighted by atomic mass is 9.62. The highest BCUT2D eigenvalue weighted by molar-refractivity contribution is 5.92. The van der Waals surface area contributed by atoms with Crippen molar-refractivity contribution in [2.24, 2.45) is 0 Å². The minimum Gasteiger partial charge on any atom is -0.310 e. The molecule has 3 heteroatoms. The van der Waals surface area contributed by atoms with Crippen molar-refractivity contribution in [3.8, 4) is 0 Å². The fourth-order valence-electron chi connectivity index (χ4n) is 11.5. The predicted molar refractivity (Wildman–Crippen MR) is 299 cm³/mol. The summed E-state index contributed by atoms with van der Waals surface area (Å²) in [5, 5.41) is 0. The lowest BCUT2D eigenvalue weighted by Gasteiger charge is -2.47. The molecule has 0 saturated carbocycles. The monoisotopic (exact) mass is 912 g/mol. The lowest BCUT2D eigenvalue weighted by molar-refractivity contribution is 0.731. The number of benzene rings is 9. The van der Waals surface area contributed by atoms with Crippen molar-refractivity contribution in [2.75, 3.05) is 14.7 Å². The first kappa shape index (κ1) is 46.1. The molecule has 10 rings (SSSR count). The summed E-state index contributed by atoms with van der Waals surface area (Å²) in [6.07, 6.45) is 0. The van der Waals surface area contributed by atoms with E-state index < -0.39 is 5.41 Å². The van der Waals surface area contributed by atoms with Gasteiger partial charge >= 0.3 is 0 Å². The first-order valence-electron chi connectivity index (χ1n) is 24.9. The Morgan fingerprint density at radius 3 is 0.971 bits per heavy atom. The summed E-state index contributed by atoms with van der Waals surface area (Å²) in [5.41, 5.74) is 29.9. The van der Waals surface area contributed by atoms with Gasteiger partial charge in [-0.3, -0.25) is 0 Å². The zero-order valence-corrected chi connectivity index (χ0v) is 43.1. The van der Waals surface area contributed by atoms with Crippen LogP contribution in [-0.4, -0.2) is 0 Å². The number of nitrogens with zero attached hydrogens (tertiary/aromatic N) is 3. The molecule has 0 spiro atoms. The molecule has 0 saturated heterocycles. The maximum Gasteiger partial charge on any atom is 0.0743 e. The number of para-hydroxylation sites is 3. The molecule has 9 aromatic carbocycles. The first-order chi connectivity index (χ1) is 33.7. The second kappa shape index (κ2) is 18.0. The van der Waals surface area contributed by atoms with Crippen LogP contribution in [0.25, 0.3) is 0 Å². The summed E-state index contributed by atoms with van der Waals surface area (Å²) in [6, 6.07) is 66.3. The maximum absolute atomic E-state index is 2.56. The Balaban J connectivity index is 1.34. The van der Waals surface area contributed by atoms with E-state index in [0.29, 0.717) is 0 Å². The van der Waals surface area contributed by atoms with Crippen LogP contribution >= 0.6 is 0 Å². The molecular weight excluding hydrogens is 847 g/mol. The Morgan fingerprint density at radius 1 is 0.300 bits per heavy atom. The van der Waals surface area contributed by atoms with Crippen molar-refractivity contribution >= 4 is 51.2 Å². The standard InChI is InChI=1S/C67H65N3/c1-42-32-36-46(5)63(50(42)9)69(64-47(6)37-33-43(2)51(64)10)57-26-20-22-54(40-57)67(59-28-16-18-30-61(59)68(56-24-14-13-15-25-56)62-31-19-17-29-60(62)67)55-23-21-27-58(41-55)70(65-48(7)38-34-44(3)52(65)11)66-49(8)39-35-45(4)53(66)12/h13-41H,1-12H3. The van der Waals surface area contributed by atoms with Gasteiger partial charge in [0.15, 0.2) is 0 Å². The van der Waals surface area contributed by atoms with Crippen molar-refractivity contribution in [2.45, 2.75) is 88.5 Å². The van der Waals surface area contributed by atoms with E-state index in [1.165, 1.54) is 112 Å². The average molecular weight is 912 g/mol. The van der Waals surface area contributed by atoms with Gasteiger partial charge in [-0.2, -0.15) is 0 Å². The molecule has 0 bridgehead atoms. The van der Waals surface area contributed by atoms with Crippen molar-refractivity contribution in [1.82, 2.24) is 0 Å². The zero-order chi connectivity index (χ0) is 49.2. The van der Waals surface area contributed by atoms with Crippen LogP contribution in [0.2, 0.25) is 0 Å². The van der Waals surface area contributed by atoms with Crippen LogP contribution in [0.1, 0.15) is 89.0 Å². The molecule has 0 unspecified atom stereocenters. The minimum absolute atomic E-state index is 0.775. The first-order valence-corrected chi connectivity index (χ1v) is 24.9. The number of rotatable bonds is 9. The molecule has 9 aromatic rings. The summed E-state index contributed by atoms with van der Waals surface area (Å²) < 4.78 is 0. The van der Waals surface area contributed by atoms with Gasteiger partial charge in [-0.1, -0.05) is 127 Å². The zero-order valence-electron chi connectivity index (χ0n) is 43.1. The largest absolute Gasteiger partial charge is 0.310 e. The van der Waals surface area contributed by atoms with Gasteiger partial charge in [-0.05, 0) is 221 Å². The fourth-order valence-corrected chi connectivity index (χ4v) is 11.5. The highest BCUT2D eigenvalue weighted by atomic mass is 15.2. The van der Waals surface area contributed by atoms with Crippen molar-refractivity contribution in [1.29, 1.82) is 0 Å². The summed E-state index contributed by atoms with van der Waals surface area (Å²) in [6.45, 7) is 27.1. The van der Waals surface area contributed by atoms with Crippen LogP contribution in [0.3, 0.4) is 0 Å². The molecule has 0 radical (unpaired) electrons. The Kier molecular flexibility index (Phi) is 11.9. The maximum atomic E-state index is 2.56. The van der Waals surface area contributed by atoms with E-state index in [1.54, 1.807) is 0 Å². The van der Waals surface area contributed by atoms with E-state index in [2.05, 4.69) is 274 Å². The number of aryl methyl sites for hydroxylation is 8. The Morgan fingerprint density at radius 2 is 0.614 bits per heavy atom. The van der Waals surface area contributed by atoms with E-state index in [0.717, 1.165) is 28.4 Å². The van der Waals surface area contributed by atoms with Gasteiger partial charge in [0.1, 0.15) is 0 Å². The summed E-state index contributed by atoms with van der Waals surface area (Å²) in [5.74, 6) is 0. The number of anilines is 9. The van der Waals surface area contributed by atoms with Gasteiger partial charge < -0.3 is 14.7 Å². The Hall–Kier alpha value is -7.62. The third kappa shape index (κ3) is 7.33. The molecule has 1 aliphatic heterocycles. The third-order valence-corrected chi connectivity index (χ3v) is 15.7. The second-order valence-corrected chi connectivity index (χ2v) is 19.9. The topological polar surface area (TPSA) is 9.72 Å². The molecule has 3 nitrogen and oxygen atoms in total. The van der Waals surface area contributed by atoms with Gasteiger partial charge in [0.25, 0.3) is 0 Å². The van der Waals surface area contributed by atoms with Gasteiger partial charge in [0.2, 0.25) is 0 Å². The average Bonchev–Trinajstić information content (AvgIpc) is 3.37. The van der Waals surface area contributed by atoms with Gasteiger partial charge in [-0.25, -0.2) is 0 Å². The SMILES string of the molecule is Cc1ccc(C)c(N(c2cccc(C3(c4cccc(N(c5c(C)ccc(C)c5C)c5c(C)ccc(C)c5C)c4)c4ccccc4N(c4ccccc4)c4ccccc43)c2)c2c(C)ccc(C)c2C)c1C.